The maximum absolute atomic E-state index is 13.5. The van der Waals surface area contributed by atoms with E-state index in [9.17, 15) is 24.3 Å². The molecule has 0 heterocycles. The number of carbonyl (C=O) groups is 4. The standard InChI is InChI=1S/C52H84N4O6S/c1-34(2)11-9-12-36(5)42-19-20-43-41-18-15-38-32-40(23-26-51(38,6)44(41)24-27-52(42,43)7)62-29-10-28-53-47(58)21-22-48(59)55-46(31-35(3)4)50(61)56-45(25-30-63-8)49(60)54-39-16-13-37(33-57)14-17-39/h13-17,34-36,40-46,57H,9-12,18-33H2,1-8H3,(H,53,58)(H,54,60)(H,55,59)(H,56,61)/t36-,40+,41+,42-,43+,44+,45+,46+,51+,52-/m1/s1. The van der Waals surface area contributed by atoms with Crippen LogP contribution >= 0.6 is 11.8 Å². The van der Waals surface area contributed by atoms with Gasteiger partial charge in [0, 0.05) is 31.7 Å². The summed E-state index contributed by atoms with van der Waals surface area (Å²) in [4.78, 5) is 52.5. The largest absolute Gasteiger partial charge is 0.392 e. The number of hydrogen-bond donors (Lipinski definition) is 5. The number of ether oxygens (including phenoxy) is 1. The predicted molar refractivity (Wildman–Crippen MR) is 257 cm³/mol. The van der Waals surface area contributed by atoms with Crippen LogP contribution in [0.2, 0.25) is 0 Å². The number of amides is 4. The van der Waals surface area contributed by atoms with Gasteiger partial charge >= 0.3 is 0 Å². The molecule has 0 spiro atoms. The van der Waals surface area contributed by atoms with Gasteiger partial charge < -0.3 is 31.1 Å². The quantitative estimate of drug-likeness (QED) is 0.0514. The van der Waals surface area contributed by atoms with Crippen LogP contribution in [0, 0.1) is 52.3 Å². The number of benzene rings is 1. The van der Waals surface area contributed by atoms with E-state index in [-0.39, 0.29) is 49.2 Å². The fourth-order valence-corrected chi connectivity index (χ4v) is 12.8. The highest BCUT2D eigenvalue weighted by Crippen LogP contribution is 2.67. The van der Waals surface area contributed by atoms with Crippen molar-refractivity contribution in [3.8, 4) is 0 Å². The zero-order chi connectivity index (χ0) is 45.7. The van der Waals surface area contributed by atoms with E-state index >= 15 is 0 Å². The first kappa shape index (κ1) is 51.1. The van der Waals surface area contributed by atoms with Crippen LogP contribution in [0.1, 0.15) is 157 Å². The summed E-state index contributed by atoms with van der Waals surface area (Å²) >= 11 is 1.57. The topological polar surface area (TPSA) is 146 Å². The summed E-state index contributed by atoms with van der Waals surface area (Å²) in [5.74, 6) is 4.41. The minimum absolute atomic E-state index is 0.0199. The van der Waals surface area contributed by atoms with Crippen molar-refractivity contribution in [2.75, 3.05) is 30.5 Å². The maximum atomic E-state index is 13.5. The molecule has 5 rings (SSSR count). The number of hydrogen-bond acceptors (Lipinski definition) is 7. The van der Waals surface area contributed by atoms with Crippen LogP contribution < -0.4 is 21.3 Å². The molecular formula is C52H84N4O6S. The van der Waals surface area contributed by atoms with Gasteiger partial charge in [0.25, 0.3) is 0 Å². The number of nitrogens with one attached hydrogen (secondary N) is 4. The number of thioether (sulfide) groups is 1. The maximum Gasteiger partial charge on any atom is 0.246 e. The summed E-state index contributed by atoms with van der Waals surface area (Å²) < 4.78 is 6.44. The third kappa shape index (κ3) is 13.8. The van der Waals surface area contributed by atoms with Gasteiger partial charge in [0.1, 0.15) is 12.1 Å². The number of allylic oxidation sites excluding steroid dienone is 1. The Hall–Kier alpha value is -2.89. The van der Waals surface area contributed by atoms with Crippen molar-refractivity contribution in [2.24, 2.45) is 52.3 Å². The van der Waals surface area contributed by atoms with Crippen molar-refractivity contribution in [1.29, 1.82) is 0 Å². The van der Waals surface area contributed by atoms with Gasteiger partial charge in [-0.15, -0.1) is 0 Å². The zero-order valence-electron chi connectivity index (χ0n) is 40.2. The fourth-order valence-electron chi connectivity index (χ4n) is 12.3. The van der Waals surface area contributed by atoms with Gasteiger partial charge in [-0.3, -0.25) is 19.2 Å². The molecule has 10 atom stereocenters. The average Bonchev–Trinajstić information content (AvgIpc) is 3.61. The van der Waals surface area contributed by atoms with Crippen LogP contribution in [0.5, 0.6) is 0 Å². The molecule has 0 bridgehead atoms. The minimum atomic E-state index is -0.842. The minimum Gasteiger partial charge on any atom is -0.392 e. The van der Waals surface area contributed by atoms with Gasteiger partial charge in [0.05, 0.1) is 12.7 Å². The molecular weight excluding hydrogens is 809 g/mol. The van der Waals surface area contributed by atoms with E-state index < -0.39 is 18.0 Å². The normalized spacial score (nSPS) is 27.9. The Labute approximate surface area is 384 Å². The van der Waals surface area contributed by atoms with Crippen molar-refractivity contribution in [1.82, 2.24) is 16.0 Å². The molecule has 0 radical (unpaired) electrons. The highest BCUT2D eigenvalue weighted by atomic mass is 32.2. The van der Waals surface area contributed by atoms with E-state index in [1.165, 1.54) is 57.8 Å². The lowest BCUT2D eigenvalue weighted by atomic mass is 9.47. The first-order valence-corrected chi connectivity index (χ1v) is 26.1. The SMILES string of the molecule is CSCC[C@H](NC(=O)[C@H](CC(C)C)NC(=O)CCC(=O)NCCCO[C@H]1CC[C@@]2(C)C(=CC[C@H]3[C@@H]4CC[C@H]([C@H](C)CCCC(C)C)[C@@]4(C)CC[C@@H]32)C1)C(=O)Nc1ccc(CO)cc1. The van der Waals surface area contributed by atoms with Crippen LogP contribution in [0.25, 0.3) is 0 Å². The van der Waals surface area contributed by atoms with Gasteiger partial charge in [-0.25, -0.2) is 0 Å². The second-order valence-electron chi connectivity index (χ2n) is 21.2. The Balaban J connectivity index is 1.01. The molecule has 4 aliphatic rings. The predicted octanol–water partition coefficient (Wildman–Crippen LogP) is 9.60. The molecule has 5 N–H and O–H groups in total. The van der Waals surface area contributed by atoms with E-state index in [0.29, 0.717) is 54.7 Å². The van der Waals surface area contributed by atoms with E-state index in [2.05, 4.69) is 62.0 Å². The molecule has 1 aromatic rings. The first-order valence-electron chi connectivity index (χ1n) is 24.7. The Morgan fingerprint density at radius 1 is 0.825 bits per heavy atom. The molecule has 3 fully saturated rings. The third-order valence-electron chi connectivity index (χ3n) is 15.8. The highest BCUT2D eigenvalue weighted by Gasteiger charge is 2.59. The Morgan fingerprint density at radius 2 is 1.57 bits per heavy atom. The van der Waals surface area contributed by atoms with Crippen molar-refractivity contribution in [2.45, 2.75) is 176 Å². The number of anilines is 1. The molecule has 1 aromatic carbocycles. The lowest BCUT2D eigenvalue weighted by Crippen LogP contribution is -2.53. The third-order valence-corrected chi connectivity index (χ3v) is 16.5. The zero-order valence-corrected chi connectivity index (χ0v) is 41.0. The second kappa shape index (κ2) is 24.0. The Bertz CT molecular complexity index is 1680. The van der Waals surface area contributed by atoms with E-state index in [1.807, 2.05) is 20.1 Å². The Kier molecular flexibility index (Phi) is 19.5. The second-order valence-corrected chi connectivity index (χ2v) is 22.2. The number of aliphatic hydroxyl groups is 1. The molecule has 4 amide bonds. The molecule has 10 nitrogen and oxygen atoms in total. The lowest BCUT2D eigenvalue weighted by Gasteiger charge is -2.58. The average molecular weight is 893 g/mol. The van der Waals surface area contributed by atoms with Gasteiger partial charge in [-0.2, -0.15) is 11.8 Å². The molecule has 3 saturated carbocycles. The monoisotopic (exact) mass is 893 g/mol. The van der Waals surface area contributed by atoms with Crippen LogP contribution in [0.3, 0.4) is 0 Å². The summed E-state index contributed by atoms with van der Waals surface area (Å²) in [5, 5.41) is 20.8. The van der Waals surface area contributed by atoms with Crippen LogP contribution in [0.15, 0.2) is 35.9 Å². The summed E-state index contributed by atoms with van der Waals surface area (Å²) in [7, 11) is 0. The molecule has 63 heavy (non-hydrogen) atoms. The van der Waals surface area contributed by atoms with Crippen LogP contribution in [-0.4, -0.2) is 72.1 Å². The first-order chi connectivity index (χ1) is 30.1. The highest BCUT2D eigenvalue weighted by molar-refractivity contribution is 7.98. The van der Waals surface area contributed by atoms with Gasteiger partial charge in [-0.05, 0) is 153 Å². The van der Waals surface area contributed by atoms with Gasteiger partial charge in [0.15, 0.2) is 0 Å². The lowest BCUT2D eigenvalue weighted by molar-refractivity contribution is -0.132. The number of carbonyl (C=O) groups excluding carboxylic acids is 4. The van der Waals surface area contributed by atoms with Crippen molar-refractivity contribution in [3.05, 3.63) is 41.5 Å². The van der Waals surface area contributed by atoms with Gasteiger partial charge in [-0.1, -0.05) is 91.5 Å². The fraction of sp³-hybridized carbons (Fsp3) is 0.769. The summed E-state index contributed by atoms with van der Waals surface area (Å²) in [5.41, 5.74) is 3.74. The van der Waals surface area contributed by atoms with Crippen LogP contribution in [-0.2, 0) is 30.5 Å². The number of aliphatic hydroxyl groups excluding tert-OH is 1. The van der Waals surface area contributed by atoms with Crippen molar-refractivity contribution < 1.29 is 29.0 Å². The summed E-state index contributed by atoms with van der Waals surface area (Å²) in [6.45, 7) is 17.5. The number of rotatable bonds is 24. The summed E-state index contributed by atoms with van der Waals surface area (Å²) in [6, 6.07) is 5.23. The molecule has 4 aliphatic carbocycles. The molecule has 0 saturated heterocycles. The van der Waals surface area contributed by atoms with Crippen LogP contribution in [0.4, 0.5) is 5.69 Å². The Morgan fingerprint density at radius 3 is 2.27 bits per heavy atom. The van der Waals surface area contributed by atoms with E-state index in [1.54, 1.807) is 41.6 Å². The van der Waals surface area contributed by atoms with Crippen molar-refractivity contribution >= 4 is 41.1 Å². The van der Waals surface area contributed by atoms with E-state index in [0.717, 1.165) is 53.9 Å². The molecule has 11 heteroatoms. The molecule has 354 valence electrons. The molecule has 0 aromatic heterocycles. The van der Waals surface area contributed by atoms with E-state index in [4.69, 9.17) is 4.74 Å². The molecule has 0 aliphatic heterocycles. The summed E-state index contributed by atoms with van der Waals surface area (Å²) in [6.07, 6.45) is 20.6. The number of fused-ring (bicyclic) bond motifs is 5. The molecule has 0 unspecified atom stereocenters. The van der Waals surface area contributed by atoms with Gasteiger partial charge in [0.2, 0.25) is 23.6 Å². The van der Waals surface area contributed by atoms with Crippen molar-refractivity contribution in [3.63, 3.8) is 0 Å². The smallest absolute Gasteiger partial charge is 0.246 e.